The smallest absolute Gasteiger partial charge is 0.268 e. The van der Waals surface area contributed by atoms with Crippen LogP contribution in [0.5, 0.6) is 0 Å². The molecule has 0 atom stereocenters. The van der Waals surface area contributed by atoms with Crippen molar-refractivity contribution in [3.8, 4) is 0 Å². The van der Waals surface area contributed by atoms with Crippen LogP contribution in [-0.2, 0) is 6.05 Å². The number of hydrogen-bond donors (Lipinski definition) is 1. The molecule has 0 fully saturated rings. The summed E-state index contributed by atoms with van der Waals surface area (Å²) >= 11 is 0. The average molecular weight is 144 g/mol. The maximum Gasteiger partial charge on any atom is 0.328 e. The fourth-order valence-corrected chi connectivity index (χ4v) is 0.560. The van der Waals surface area contributed by atoms with Crippen LogP contribution in [0.25, 0.3) is 0 Å². The Morgan fingerprint density at radius 3 is 2.50 bits per heavy atom. The Morgan fingerprint density at radius 1 is 1.50 bits per heavy atom. The Labute approximate surface area is 56.7 Å². The summed E-state index contributed by atoms with van der Waals surface area (Å²) in [5, 5.41) is 0. The van der Waals surface area contributed by atoms with Crippen LogP contribution >= 0.6 is 0 Å². The zero-order valence-electron chi connectivity index (χ0n) is 5.09. The highest BCUT2D eigenvalue weighted by atomic mass is 19.3. The molecule has 1 rings (SSSR count). The van der Waals surface area contributed by atoms with Crippen molar-refractivity contribution < 1.29 is 8.78 Å². The highest BCUT2D eigenvalue weighted by Crippen LogP contribution is 2.18. The third-order valence-corrected chi connectivity index (χ3v) is 1.05. The monoisotopic (exact) mass is 144 g/mol. The third-order valence-electron chi connectivity index (χ3n) is 1.05. The van der Waals surface area contributed by atoms with Gasteiger partial charge in [-0.05, 0) is 12.1 Å². The first-order valence-electron chi connectivity index (χ1n) is 2.68. The number of rotatable bonds is 1. The van der Waals surface area contributed by atoms with E-state index in [1.54, 1.807) is 0 Å². The number of aromatic nitrogens is 1. The second kappa shape index (κ2) is 2.30. The van der Waals surface area contributed by atoms with E-state index in [4.69, 9.17) is 0 Å². The lowest BCUT2D eigenvalue weighted by atomic mass is 10.2. The van der Waals surface area contributed by atoms with Gasteiger partial charge in [0.25, 0.3) is 0 Å². The fourth-order valence-electron chi connectivity index (χ4n) is 0.560. The quantitative estimate of drug-likeness (QED) is 0.599. The van der Waals surface area contributed by atoms with Crippen LogP contribution in [0, 0.1) is 0 Å². The maximum atomic E-state index is 12.2. The third kappa shape index (κ3) is 1.48. The normalized spacial score (nSPS) is 11.5. The van der Waals surface area contributed by atoms with Crippen molar-refractivity contribution in [2.45, 2.75) is 6.05 Å². The second-order valence-electron chi connectivity index (χ2n) is 1.86. The Balaban J connectivity index is 2.97. The summed E-state index contributed by atoms with van der Waals surface area (Å²) in [7, 11) is 0. The van der Waals surface area contributed by atoms with Crippen molar-refractivity contribution >= 4 is 0 Å². The molecule has 1 aromatic heterocycles. The van der Waals surface area contributed by atoms with E-state index in [2.05, 4.69) is 10.7 Å². The highest BCUT2D eigenvalue weighted by molar-refractivity contribution is 5.13. The van der Waals surface area contributed by atoms with E-state index in [1.807, 2.05) is 0 Å². The van der Waals surface area contributed by atoms with E-state index in [-0.39, 0.29) is 5.56 Å². The zero-order chi connectivity index (χ0) is 7.61. The van der Waals surface area contributed by atoms with Crippen LogP contribution in [-0.4, -0.2) is 4.98 Å². The largest absolute Gasteiger partial charge is 0.328 e. The van der Waals surface area contributed by atoms with Gasteiger partial charge in [0.15, 0.2) is 0 Å². The van der Waals surface area contributed by atoms with Crippen molar-refractivity contribution in [2.75, 3.05) is 0 Å². The van der Waals surface area contributed by atoms with Gasteiger partial charge in [-0.15, -0.1) is 0 Å². The van der Waals surface area contributed by atoms with Crippen LogP contribution < -0.4 is 5.73 Å². The standard InChI is InChI=1S/C6H6F2N2/c7-6(8,9)5-2-1-3-10-4-5/h1-4H,9H2. The first-order valence-corrected chi connectivity index (χ1v) is 2.68. The summed E-state index contributed by atoms with van der Waals surface area (Å²) in [6.45, 7) is 0. The Kier molecular flexibility index (Phi) is 1.63. The predicted molar refractivity (Wildman–Crippen MR) is 32.3 cm³/mol. The second-order valence-corrected chi connectivity index (χ2v) is 1.86. The van der Waals surface area contributed by atoms with Crippen molar-refractivity contribution in [2.24, 2.45) is 5.73 Å². The molecule has 2 N–H and O–H groups in total. The van der Waals surface area contributed by atoms with Crippen molar-refractivity contribution in [3.05, 3.63) is 30.1 Å². The van der Waals surface area contributed by atoms with Gasteiger partial charge in [-0.2, -0.15) is 8.78 Å². The molecule has 0 spiro atoms. The first-order chi connectivity index (χ1) is 4.61. The molecular formula is C6H6F2N2. The minimum absolute atomic E-state index is 0.269. The lowest BCUT2D eigenvalue weighted by Gasteiger charge is -2.07. The van der Waals surface area contributed by atoms with Gasteiger partial charge in [-0.1, -0.05) is 0 Å². The SMILES string of the molecule is NC(F)(F)c1cccnc1. The number of halogens is 2. The number of pyridine rings is 1. The van der Waals surface area contributed by atoms with Gasteiger partial charge in [-0.3, -0.25) is 10.7 Å². The Bertz CT molecular complexity index is 205. The van der Waals surface area contributed by atoms with E-state index in [0.717, 1.165) is 6.20 Å². The zero-order valence-corrected chi connectivity index (χ0v) is 5.09. The molecule has 0 aliphatic carbocycles. The van der Waals surface area contributed by atoms with Crippen molar-refractivity contribution in [3.63, 3.8) is 0 Å². The van der Waals surface area contributed by atoms with E-state index in [1.165, 1.54) is 18.3 Å². The summed E-state index contributed by atoms with van der Waals surface area (Å²) < 4.78 is 24.4. The molecule has 54 valence electrons. The fraction of sp³-hybridized carbons (Fsp3) is 0.167. The summed E-state index contributed by atoms with van der Waals surface area (Å²) in [5.74, 6) is 0. The van der Waals surface area contributed by atoms with E-state index >= 15 is 0 Å². The minimum atomic E-state index is -3.27. The molecule has 4 heteroatoms. The van der Waals surface area contributed by atoms with Crippen LogP contribution in [0.4, 0.5) is 8.78 Å². The van der Waals surface area contributed by atoms with Crippen molar-refractivity contribution in [1.29, 1.82) is 0 Å². The van der Waals surface area contributed by atoms with E-state index in [0.29, 0.717) is 0 Å². The van der Waals surface area contributed by atoms with Gasteiger partial charge in [0, 0.05) is 12.4 Å². The minimum Gasteiger partial charge on any atom is -0.268 e. The van der Waals surface area contributed by atoms with E-state index in [9.17, 15) is 8.78 Å². The molecule has 0 radical (unpaired) electrons. The molecule has 1 aromatic rings. The number of alkyl halides is 2. The van der Waals surface area contributed by atoms with Gasteiger partial charge in [0.1, 0.15) is 0 Å². The van der Waals surface area contributed by atoms with Gasteiger partial charge in [0.05, 0.1) is 5.56 Å². The molecule has 0 amide bonds. The van der Waals surface area contributed by atoms with Gasteiger partial charge in [-0.25, -0.2) is 0 Å². The summed E-state index contributed by atoms with van der Waals surface area (Å²) in [6, 6.07) is -0.628. The summed E-state index contributed by atoms with van der Waals surface area (Å²) in [6.07, 6.45) is 2.45. The highest BCUT2D eigenvalue weighted by Gasteiger charge is 2.24. The van der Waals surface area contributed by atoms with Crippen LogP contribution in [0.15, 0.2) is 24.5 Å². The topological polar surface area (TPSA) is 38.9 Å². The molecule has 0 aromatic carbocycles. The predicted octanol–water partition coefficient (Wildman–Crippen LogP) is 1.09. The molecule has 2 nitrogen and oxygen atoms in total. The molecule has 1 heterocycles. The number of nitrogens with zero attached hydrogens (tertiary/aromatic N) is 1. The molecule has 0 aliphatic heterocycles. The Hall–Kier alpha value is -1.03. The van der Waals surface area contributed by atoms with Crippen molar-refractivity contribution in [1.82, 2.24) is 4.98 Å². The van der Waals surface area contributed by atoms with E-state index < -0.39 is 6.05 Å². The van der Waals surface area contributed by atoms with Crippen LogP contribution in [0.3, 0.4) is 0 Å². The average Bonchev–Trinajstić information content (AvgIpc) is 1.88. The summed E-state index contributed by atoms with van der Waals surface area (Å²) in [4.78, 5) is 3.49. The molecule has 0 saturated heterocycles. The lowest BCUT2D eigenvalue weighted by Crippen LogP contribution is -2.25. The molecule has 10 heavy (non-hydrogen) atoms. The molecular weight excluding hydrogens is 138 g/mol. The molecule has 0 aliphatic rings. The molecule has 0 saturated carbocycles. The van der Waals surface area contributed by atoms with Gasteiger partial charge < -0.3 is 0 Å². The van der Waals surface area contributed by atoms with Gasteiger partial charge in [0.2, 0.25) is 0 Å². The lowest BCUT2D eigenvalue weighted by molar-refractivity contribution is 0.00264. The number of hydrogen-bond acceptors (Lipinski definition) is 2. The molecule has 0 unspecified atom stereocenters. The van der Waals surface area contributed by atoms with Gasteiger partial charge >= 0.3 is 6.05 Å². The number of nitrogens with two attached hydrogens (primary N) is 1. The first kappa shape index (κ1) is 7.08. The molecule has 0 bridgehead atoms. The Morgan fingerprint density at radius 2 is 2.20 bits per heavy atom. The van der Waals surface area contributed by atoms with Crippen LogP contribution in [0.1, 0.15) is 5.56 Å². The maximum absolute atomic E-state index is 12.2. The van der Waals surface area contributed by atoms with Crippen LogP contribution in [0.2, 0.25) is 0 Å². The summed E-state index contributed by atoms with van der Waals surface area (Å²) in [5.41, 5.74) is 4.21.